The van der Waals surface area contributed by atoms with Gasteiger partial charge in [0.05, 0.1) is 6.26 Å². The summed E-state index contributed by atoms with van der Waals surface area (Å²) in [6.45, 7) is 1.53. The molecule has 0 spiro atoms. The van der Waals surface area contributed by atoms with E-state index < -0.39 is 16.1 Å². The van der Waals surface area contributed by atoms with Gasteiger partial charge in [0.1, 0.15) is 5.75 Å². The fourth-order valence-electron chi connectivity index (χ4n) is 2.30. The molecule has 1 aliphatic heterocycles. The number of benzene rings is 1. The Morgan fingerprint density at radius 1 is 1.29 bits per heavy atom. The molecule has 1 aromatic rings. The van der Waals surface area contributed by atoms with Crippen LogP contribution in [0.5, 0.6) is 5.75 Å². The number of ether oxygens (including phenoxy) is 1. The molecule has 6 nitrogen and oxygen atoms in total. The van der Waals surface area contributed by atoms with E-state index in [1.54, 1.807) is 24.3 Å². The van der Waals surface area contributed by atoms with Gasteiger partial charge >= 0.3 is 6.09 Å². The molecule has 0 aromatic heterocycles. The van der Waals surface area contributed by atoms with Gasteiger partial charge in [0.25, 0.3) is 0 Å². The van der Waals surface area contributed by atoms with Gasteiger partial charge in [0.2, 0.25) is 10.0 Å². The Kier molecular flexibility index (Phi) is 5.19. The minimum atomic E-state index is -3.10. The zero-order chi connectivity index (χ0) is 15.3. The average Bonchev–Trinajstić information content (AvgIpc) is 2.46. The minimum Gasteiger partial charge on any atom is -0.410 e. The van der Waals surface area contributed by atoms with Gasteiger partial charge in [0.15, 0.2) is 0 Å². The Hall–Kier alpha value is -1.60. The van der Waals surface area contributed by atoms with Crippen LogP contribution >= 0.6 is 0 Å². The number of piperidine rings is 1. The van der Waals surface area contributed by atoms with E-state index >= 15 is 0 Å². The molecule has 0 saturated carbocycles. The summed E-state index contributed by atoms with van der Waals surface area (Å²) >= 11 is 0. The second kappa shape index (κ2) is 6.91. The Labute approximate surface area is 125 Å². The summed E-state index contributed by atoms with van der Waals surface area (Å²) in [5.41, 5.74) is 0. The average molecular weight is 312 g/mol. The number of para-hydroxylation sites is 1. The normalized spacial score (nSPS) is 17.4. The van der Waals surface area contributed by atoms with Crippen LogP contribution in [0, 0.1) is 5.92 Å². The summed E-state index contributed by atoms with van der Waals surface area (Å²) in [6.07, 6.45) is 2.24. The van der Waals surface area contributed by atoms with E-state index in [1.807, 2.05) is 6.07 Å². The van der Waals surface area contributed by atoms with Crippen LogP contribution in [0.2, 0.25) is 0 Å². The first kappa shape index (κ1) is 15.8. The molecular weight excluding hydrogens is 292 g/mol. The zero-order valence-electron chi connectivity index (χ0n) is 12.0. The molecule has 1 N–H and O–H groups in total. The number of nitrogens with one attached hydrogen (secondary N) is 1. The van der Waals surface area contributed by atoms with Crippen molar-refractivity contribution in [1.82, 2.24) is 9.62 Å². The molecule has 0 unspecified atom stereocenters. The second-order valence-corrected chi connectivity index (χ2v) is 7.17. The first-order valence-electron chi connectivity index (χ1n) is 6.91. The monoisotopic (exact) mass is 312 g/mol. The number of hydrogen-bond acceptors (Lipinski definition) is 4. The minimum absolute atomic E-state index is 0.284. The van der Waals surface area contributed by atoms with Gasteiger partial charge in [-0.3, -0.25) is 0 Å². The topological polar surface area (TPSA) is 75.7 Å². The van der Waals surface area contributed by atoms with Gasteiger partial charge in [-0.1, -0.05) is 18.2 Å². The van der Waals surface area contributed by atoms with Crippen LogP contribution < -0.4 is 10.1 Å². The summed E-state index contributed by atoms with van der Waals surface area (Å²) in [6, 6.07) is 8.86. The Morgan fingerprint density at radius 2 is 1.90 bits per heavy atom. The molecule has 116 valence electrons. The summed E-state index contributed by atoms with van der Waals surface area (Å²) in [7, 11) is -3.10. The highest BCUT2D eigenvalue weighted by Gasteiger charge is 2.25. The number of carbonyl (C=O) groups excluding carboxylic acids is 1. The lowest BCUT2D eigenvalue weighted by Crippen LogP contribution is -2.41. The fraction of sp³-hybridized carbons (Fsp3) is 0.500. The lowest BCUT2D eigenvalue weighted by Gasteiger charge is -2.30. The van der Waals surface area contributed by atoms with Crippen LogP contribution in [0.3, 0.4) is 0 Å². The molecule has 1 aliphatic rings. The van der Waals surface area contributed by atoms with Crippen LogP contribution in [-0.4, -0.2) is 44.7 Å². The van der Waals surface area contributed by atoms with Crippen molar-refractivity contribution in [3.63, 3.8) is 0 Å². The molecule has 21 heavy (non-hydrogen) atoms. The molecule has 1 aromatic carbocycles. The van der Waals surface area contributed by atoms with Gasteiger partial charge < -0.3 is 10.1 Å². The van der Waals surface area contributed by atoms with Crippen molar-refractivity contribution in [2.24, 2.45) is 5.92 Å². The number of rotatable bonds is 4. The van der Waals surface area contributed by atoms with E-state index in [0.29, 0.717) is 25.4 Å². The third kappa shape index (κ3) is 5.02. The number of hydrogen-bond donors (Lipinski definition) is 1. The van der Waals surface area contributed by atoms with Crippen LogP contribution in [0.15, 0.2) is 30.3 Å². The number of amides is 1. The van der Waals surface area contributed by atoms with Crippen molar-refractivity contribution < 1.29 is 17.9 Å². The molecular formula is C14H20N2O4S. The molecule has 1 amide bonds. The highest BCUT2D eigenvalue weighted by molar-refractivity contribution is 7.88. The van der Waals surface area contributed by atoms with Crippen molar-refractivity contribution in [3.05, 3.63) is 30.3 Å². The fourth-order valence-corrected chi connectivity index (χ4v) is 3.18. The van der Waals surface area contributed by atoms with E-state index in [1.165, 1.54) is 10.6 Å². The maximum absolute atomic E-state index is 11.6. The molecule has 0 atom stereocenters. The summed E-state index contributed by atoms with van der Waals surface area (Å²) in [4.78, 5) is 11.6. The zero-order valence-corrected chi connectivity index (χ0v) is 12.8. The first-order valence-corrected chi connectivity index (χ1v) is 8.76. The molecule has 1 heterocycles. The second-order valence-electron chi connectivity index (χ2n) is 5.19. The van der Waals surface area contributed by atoms with E-state index in [9.17, 15) is 13.2 Å². The van der Waals surface area contributed by atoms with Gasteiger partial charge in [-0.15, -0.1) is 0 Å². The van der Waals surface area contributed by atoms with Crippen LogP contribution in [0.1, 0.15) is 12.8 Å². The highest BCUT2D eigenvalue weighted by atomic mass is 32.2. The van der Waals surface area contributed by atoms with Crippen molar-refractivity contribution in [2.45, 2.75) is 12.8 Å². The standard InChI is InChI=1S/C14H20N2O4S/c1-21(18,19)16-9-7-12(8-10-16)11-15-14(17)20-13-5-3-2-4-6-13/h2-6,12H,7-11H2,1H3,(H,15,17). The number of nitrogens with zero attached hydrogens (tertiary/aromatic N) is 1. The van der Waals surface area contributed by atoms with Crippen molar-refractivity contribution in [3.8, 4) is 5.75 Å². The van der Waals surface area contributed by atoms with Crippen LogP contribution in [0.4, 0.5) is 4.79 Å². The first-order chi connectivity index (χ1) is 9.95. The molecule has 1 saturated heterocycles. The molecule has 7 heteroatoms. The largest absolute Gasteiger partial charge is 0.412 e. The predicted octanol–water partition coefficient (Wildman–Crippen LogP) is 1.45. The van der Waals surface area contributed by atoms with Crippen molar-refractivity contribution in [2.75, 3.05) is 25.9 Å². The molecule has 0 bridgehead atoms. The third-order valence-corrected chi connectivity index (χ3v) is 4.83. The summed E-state index contributed by atoms with van der Waals surface area (Å²) in [5.74, 6) is 0.785. The van der Waals surface area contributed by atoms with Crippen LogP contribution in [0.25, 0.3) is 0 Å². The summed E-state index contributed by atoms with van der Waals surface area (Å²) < 4.78 is 29.4. The van der Waals surface area contributed by atoms with Crippen molar-refractivity contribution in [1.29, 1.82) is 0 Å². The van der Waals surface area contributed by atoms with Crippen LogP contribution in [-0.2, 0) is 10.0 Å². The molecule has 0 radical (unpaired) electrons. The Bertz CT molecular complexity index is 566. The lowest BCUT2D eigenvalue weighted by atomic mass is 9.98. The number of sulfonamides is 1. The molecule has 0 aliphatic carbocycles. The Morgan fingerprint density at radius 3 is 2.48 bits per heavy atom. The maximum Gasteiger partial charge on any atom is 0.412 e. The third-order valence-electron chi connectivity index (χ3n) is 3.53. The highest BCUT2D eigenvalue weighted by Crippen LogP contribution is 2.18. The maximum atomic E-state index is 11.6. The van der Waals surface area contributed by atoms with Gasteiger partial charge in [-0.25, -0.2) is 17.5 Å². The van der Waals surface area contributed by atoms with E-state index in [-0.39, 0.29) is 5.92 Å². The SMILES string of the molecule is CS(=O)(=O)N1CCC(CNC(=O)Oc2ccccc2)CC1. The quantitative estimate of drug-likeness (QED) is 0.913. The van der Waals surface area contributed by atoms with Crippen molar-refractivity contribution >= 4 is 16.1 Å². The van der Waals surface area contributed by atoms with Gasteiger partial charge in [0, 0.05) is 19.6 Å². The smallest absolute Gasteiger partial charge is 0.410 e. The number of carbonyl (C=O) groups is 1. The van der Waals surface area contributed by atoms with Gasteiger partial charge in [-0.2, -0.15) is 0 Å². The van der Waals surface area contributed by atoms with E-state index in [0.717, 1.165) is 12.8 Å². The molecule has 1 fully saturated rings. The summed E-state index contributed by atoms with van der Waals surface area (Å²) in [5, 5.41) is 2.73. The Balaban J connectivity index is 1.71. The molecule has 2 rings (SSSR count). The predicted molar refractivity (Wildman–Crippen MR) is 79.6 cm³/mol. The van der Waals surface area contributed by atoms with Gasteiger partial charge in [-0.05, 0) is 30.9 Å². The van der Waals surface area contributed by atoms with E-state index in [2.05, 4.69) is 5.32 Å². The lowest BCUT2D eigenvalue weighted by molar-refractivity contribution is 0.194. The van der Waals surface area contributed by atoms with E-state index in [4.69, 9.17) is 4.74 Å².